The highest BCUT2D eigenvalue weighted by Gasteiger charge is 2.18. The predicted octanol–water partition coefficient (Wildman–Crippen LogP) is 5.25. The van der Waals surface area contributed by atoms with Gasteiger partial charge in [-0.25, -0.2) is 0 Å². The summed E-state index contributed by atoms with van der Waals surface area (Å²) >= 11 is 17.7. The Balaban J connectivity index is 1.99. The molecule has 0 aliphatic carbocycles. The molecule has 1 unspecified atom stereocenters. The van der Waals surface area contributed by atoms with Crippen LogP contribution in [0, 0.1) is 12.3 Å². The zero-order valence-corrected chi connectivity index (χ0v) is 18.7. The van der Waals surface area contributed by atoms with Crippen molar-refractivity contribution in [3.63, 3.8) is 0 Å². The van der Waals surface area contributed by atoms with Gasteiger partial charge in [-0.3, -0.25) is 0 Å². The Morgan fingerprint density at radius 3 is 2.62 bits per heavy atom. The number of thiocarbonyl (C=S) groups is 1. The van der Waals surface area contributed by atoms with E-state index in [1.165, 1.54) is 0 Å². The first-order valence-electron chi connectivity index (χ1n) is 9.07. The summed E-state index contributed by atoms with van der Waals surface area (Å²) in [5.41, 5.74) is 1.93. The Morgan fingerprint density at radius 2 is 1.97 bits per heavy atom. The normalized spacial score (nSPS) is 11.4. The van der Waals surface area contributed by atoms with Crippen LogP contribution in [0.4, 0.5) is 0 Å². The van der Waals surface area contributed by atoms with E-state index >= 15 is 0 Å². The summed E-state index contributed by atoms with van der Waals surface area (Å²) in [6.07, 6.45) is 5.59. The summed E-state index contributed by atoms with van der Waals surface area (Å²) in [7, 11) is 1.60. The number of halogens is 2. The molecule has 2 rings (SSSR count). The molecule has 0 fully saturated rings. The summed E-state index contributed by atoms with van der Waals surface area (Å²) in [6.45, 7) is 3.27. The maximum atomic E-state index is 6.14. The van der Waals surface area contributed by atoms with E-state index in [2.05, 4.69) is 11.2 Å². The van der Waals surface area contributed by atoms with E-state index in [-0.39, 0.29) is 12.7 Å². The Morgan fingerprint density at radius 1 is 1.17 bits per heavy atom. The van der Waals surface area contributed by atoms with Crippen molar-refractivity contribution in [2.45, 2.75) is 19.4 Å². The van der Waals surface area contributed by atoms with Crippen LogP contribution in [0.5, 0.6) is 11.5 Å². The number of methoxy groups -OCH3 is 1. The van der Waals surface area contributed by atoms with Gasteiger partial charge in [0.05, 0.1) is 17.2 Å². The van der Waals surface area contributed by atoms with Crippen molar-refractivity contribution >= 4 is 40.4 Å². The van der Waals surface area contributed by atoms with Crippen LogP contribution in [0.2, 0.25) is 10.0 Å². The highest BCUT2D eigenvalue weighted by atomic mass is 35.5. The number of nitrogens with one attached hydrogen (secondary N) is 1. The number of hydrogen-bond donors (Lipinski definition) is 1. The summed E-state index contributed by atoms with van der Waals surface area (Å²) in [5.74, 6) is 3.70. The molecular formula is C22H23Cl2NO3S. The van der Waals surface area contributed by atoms with Gasteiger partial charge in [-0.1, -0.05) is 53.5 Å². The smallest absolute Gasteiger partial charge is 0.162 e. The fraction of sp³-hybridized carbons (Fsp3) is 0.318. The molecule has 154 valence electrons. The Kier molecular flexibility index (Phi) is 9.56. The quantitative estimate of drug-likeness (QED) is 0.394. The third-order valence-electron chi connectivity index (χ3n) is 4.07. The lowest BCUT2D eigenvalue weighted by atomic mass is 10.1. The molecule has 1 atom stereocenters. The molecule has 1 N–H and O–H groups in total. The van der Waals surface area contributed by atoms with Crippen LogP contribution in [0.15, 0.2) is 36.4 Å². The SMILES string of the molecule is C#CCOc1ccc(CCNC(=S)C(OCC)c2ccc(Cl)c(Cl)c2)cc1OC. The second kappa shape index (κ2) is 11.9. The molecule has 0 bridgehead atoms. The molecule has 0 amide bonds. The van der Waals surface area contributed by atoms with Crippen LogP contribution in [0.3, 0.4) is 0 Å². The van der Waals surface area contributed by atoms with E-state index in [1.807, 2.05) is 31.2 Å². The zero-order valence-electron chi connectivity index (χ0n) is 16.3. The average molecular weight is 452 g/mol. The highest BCUT2D eigenvalue weighted by molar-refractivity contribution is 7.80. The fourth-order valence-corrected chi connectivity index (χ4v) is 3.31. The van der Waals surface area contributed by atoms with Crippen LogP contribution in [0.25, 0.3) is 0 Å². The first-order chi connectivity index (χ1) is 14.0. The van der Waals surface area contributed by atoms with Gasteiger partial charge in [-0.05, 0) is 48.7 Å². The third-order valence-corrected chi connectivity index (χ3v) is 5.17. The molecule has 0 spiro atoms. The molecule has 4 nitrogen and oxygen atoms in total. The molecule has 0 aliphatic heterocycles. The minimum atomic E-state index is -0.390. The molecule has 0 aromatic heterocycles. The largest absolute Gasteiger partial charge is 0.493 e. The van der Waals surface area contributed by atoms with Gasteiger partial charge in [0.2, 0.25) is 0 Å². The second-order valence-electron chi connectivity index (χ2n) is 6.03. The first kappa shape index (κ1) is 23.3. The van der Waals surface area contributed by atoms with Gasteiger partial charge in [-0.2, -0.15) is 0 Å². The third kappa shape index (κ3) is 6.80. The van der Waals surface area contributed by atoms with Crippen molar-refractivity contribution in [3.05, 3.63) is 57.6 Å². The predicted molar refractivity (Wildman–Crippen MR) is 122 cm³/mol. The minimum Gasteiger partial charge on any atom is -0.493 e. The first-order valence-corrected chi connectivity index (χ1v) is 10.2. The molecule has 2 aromatic carbocycles. The van der Waals surface area contributed by atoms with E-state index in [9.17, 15) is 0 Å². The monoisotopic (exact) mass is 451 g/mol. The number of benzene rings is 2. The molecule has 0 saturated heterocycles. The van der Waals surface area contributed by atoms with Crippen molar-refractivity contribution in [2.75, 3.05) is 26.9 Å². The highest BCUT2D eigenvalue weighted by Crippen LogP contribution is 2.29. The lowest BCUT2D eigenvalue weighted by Gasteiger charge is -2.20. The van der Waals surface area contributed by atoms with Gasteiger partial charge in [-0.15, -0.1) is 6.42 Å². The van der Waals surface area contributed by atoms with Crippen LogP contribution < -0.4 is 14.8 Å². The van der Waals surface area contributed by atoms with Gasteiger partial charge < -0.3 is 19.5 Å². The van der Waals surface area contributed by atoms with Gasteiger partial charge >= 0.3 is 0 Å². The second-order valence-corrected chi connectivity index (χ2v) is 7.28. The topological polar surface area (TPSA) is 39.7 Å². The summed E-state index contributed by atoms with van der Waals surface area (Å²) in [5, 5.41) is 4.23. The van der Waals surface area contributed by atoms with Crippen molar-refractivity contribution in [1.82, 2.24) is 5.32 Å². The molecule has 0 saturated carbocycles. The Bertz CT molecular complexity index is 883. The maximum absolute atomic E-state index is 6.14. The molecular weight excluding hydrogens is 429 g/mol. The Labute approximate surface area is 187 Å². The van der Waals surface area contributed by atoms with Gasteiger partial charge in [0, 0.05) is 13.2 Å². The molecule has 2 aromatic rings. The number of terminal acetylenes is 1. The van der Waals surface area contributed by atoms with E-state index in [0.29, 0.717) is 39.7 Å². The van der Waals surface area contributed by atoms with Gasteiger partial charge in [0.1, 0.15) is 17.7 Å². The zero-order chi connectivity index (χ0) is 21.2. The lowest BCUT2D eigenvalue weighted by Crippen LogP contribution is -2.31. The molecule has 7 heteroatoms. The summed E-state index contributed by atoms with van der Waals surface area (Å²) in [6, 6.07) is 11.1. The number of rotatable bonds is 10. The van der Waals surface area contributed by atoms with Gasteiger partial charge in [0.25, 0.3) is 0 Å². The molecule has 0 radical (unpaired) electrons. The van der Waals surface area contributed by atoms with E-state index in [1.54, 1.807) is 19.2 Å². The van der Waals surface area contributed by atoms with Gasteiger partial charge in [0.15, 0.2) is 11.5 Å². The van der Waals surface area contributed by atoms with Crippen LogP contribution in [0.1, 0.15) is 24.2 Å². The van der Waals surface area contributed by atoms with Crippen molar-refractivity contribution in [2.24, 2.45) is 0 Å². The van der Waals surface area contributed by atoms with Crippen LogP contribution in [-0.4, -0.2) is 31.9 Å². The summed E-state index contributed by atoms with van der Waals surface area (Å²) in [4.78, 5) is 0.589. The van der Waals surface area contributed by atoms with Crippen LogP contribution >= 0.6 is 35.4 Å². The van der Waals surface area contributed by atoms with E-state index < -0.39 is 0 Å². The van der Waals surface area contributed by atoms with Crippen LogP contribution in [-0.2, 0) is 11.2 Å². The molecule has 0 heterocycles. The lowest BCUT2D eigenvalue weighted by molar-refractivity contribution is 0.109. The minimum absolute atomic E-state index is 0.194. The van der Waals surface area contributed by atoms with Crippen molar-refractivity contribution in [3.8, 4) is 23.8 Å². The van der Waals surface area contributed by atoms with Crippen molar-refractivity contribution in [1.29, 1.82) is 0 Å². The maximum Gasteiger partial charge on any atom is 0.162 e. The molecule has 0 aliphatic rings. The van der Waals surface area contributed by atoms with E-state index in [4.69, 9.17) is 56.1 Å². The Hall–Kier alpha value is -1.97. The van der Waals surface area contributed by atoms with E-state index in [0.717, 1.165) is 17.5 Å². The summed E-state index contributed by atoms with van der Waals surface area (Å²) < 4.78 is 16.7. The standard InChI is InChI=1S/C22H23Cl2NO3S/c1-4-12-28-19-9-6-15(13-20(19)26-3)10-11-25-22(29)21(27-5-2)16-7-8-17(23)18(24)14-16/h1,6-9,13-14,21H,5,10-12H2,2-3H3,(H,25,29). The van der Waals surface area contributed by atoms with Crippen molar-refractivity contribution < 1.29 is 14.2 Å². The number of ether oxygens (including phenoxy) is 3. The molecule has 29 heavy (non-hydrogen) atoms. The fourth-order valence-electron chi connectivity index (χ4n) is 2.69. The number of hydrogen-bond acceptors (Lipinski definition) is 4. The average Bonchev–Trinajstić information content (AvgIpc) is 2.72.